The van der Waals surface area contributed by atoms with Gasteiger partial charge in [0.15, 0.2) is 0 Å². The van der Waals surface area contributed by atoms with Crippen molar-refractivity contribution in [3.8, 4) is 0 Å². The number of nitrogens with one attached hydrogen (secondary N) is 1. The molecule has 2 aliphatic rings. The highest BCUT2D eigenvalue weighted by Gasteiger charge is 2.25. The highest BCUT2D eigenvalue weighted by molar-refractivity contribution is 5.33. The Labute approximate surface area is 122 Å². The van der Waals surface area contributed by atoms with Crippen molar-refractivity contribution < 1.29 is 0 Å². The number of imidazole rings is 1. The van der Waals surface area contributed by atoms with Gasteiger partial charge in [-0.3, -0.25) is 0 Å². The lowest BCUT2D eigenvalue weighted by atomic mass is 9.95. The van der Waals surface area contributed by atoms with Gasteiger partial charge in [-0.2, -0.15) is 0 Å². The minimum absolute atomic E-state index is 0.686. The van der Waals surface area contributed by atoms with Gasteiger partial charge in [-0.05, 0) is 45.2 Å². The lowest BCUT2D eigenvalue weighted by Crippen LogP contribution is -2.40. The molecule has 0 radical (unpaired) electrons. The topological polar surface area (TPSA) is 33.1 Å². The van der Waals surface area contributed by atoms with Gasteiger partial charge in [-0.25, -0.2) is 4.98 Å². The average molecular weight is 276 g/mol. The zero-order chi connectivity index (χ0) is 13.8. The van der Waals surface area contributed by atoms with E-state index in [-0.39, 0.29) is 0 Å². The molecule has 0 bridgehead atoms. The van der Waals surface area contributed by atoms with Crippen LogP contribution in [0.25, 0.3) is 0 Å². The molecule has 4 nitrogen and oxygen atoms in total. The van der Waals surface area contributed by atoms with Gasteiger partial charge in [-0.1, -0.05) is 19.3 Å². The Bertz CT molecular complexity index is 406. The molecule has 1 saturated carbocycles. The fraction of sp³-hybridized carbons (Fsp3) is 0.812. The Balaban J connectivity index is 1.71. The van der Waals surface area contributed by atoms with E-state index in [4.69, 9.17) is 0 Å². The predicted octanol–water partition coefficient (Wildman–Crippen LogP) is 2.82. The second-order valence-corrected chi connectivity index (χ2v) is 6.44. The van der Waals surface area contributed by atoms with E-state index < -0.39 is 0 Å². The van der Waals surface area contributed by atoms with Crippen LogP contribution in [0.2, 0.25) is 0 Å². The fourth-order valence-corrected chi connectivity index (χ4v) is 3.90. The van der Waals surface area contributed by atoms with Crippen LogP contribution in [0.15, 0.2) is 12.4 Å². The van der Waals surface area contributed by atoms with E-state index in [0.717, 1.165) is 19.0 Å². The maximum absolute atomic E-state index is 4.68. The lowest BCUT2D eigenvalue weighted by Gasteiger charge is -2.35. The largest absolute Gasteiger partial charge is 0.342 e. The first-order chi connectivity index (χ1) is 9.88. The molecule has 112 valence electrons. The van der Waals surface area contributed by atoms with E-state index in [1.165, 1.54) is 57.4 Å². The Kier molecular flexibility index (Phi) is 4.61. The molecule has 1 aromatic heterocycles. The molecule has 1 atom stereocenters. The van der Waals surface area contributed by atoms with Crippen LogP contribution in [0.4, 0.5) is 5.95 Å². The Morgan fingerprint density at radius 1 is 1.20 bits per heavy atom. The highest BCUT2D eigenvalue weighted by Crippen LogP contribution is 2.32. The van der Waals surface area contributed by atoms with Crippen molar-refractivity contribution >= 4 is 5.95 Å². The van der Waals surface area contributed by atoms with Crippen LogP contribution in [-0.2, 0) is 0 Å². The maximum atomic E-state index is 4.68. The van der Waals surface area contributed by atoms with E-state index in [2.05, 4.69) is 33.0 Å². The van der Waals surface area contributed by atoms with Crippen molar-refractivity contribution in [1.29, 1.82) is 0 Å². The summed E-state index contributed by atoms with van der Waals surface area (Å²) in [6.07, 6.45) is 13.7. The summed E-state index contributed by atoms with van der Waals surface area (Å²) in [6, 6.07) is 0.686. The van der Waals surface area contributed by atoms with Crippen molar-refractivity contribution in [2.75, 3.05) is 31.6 Å². The van der Waals surface area contributed by atoms with E-state index in [1.54, 1.807) is 0 Å². The summed E-state index contributed by atoms with van der Waals surface area (Å²) in [5.41, 5.74) is 0. The first kappa shape index (κ1) is 13.9. The standard InChI is InChI=1S/C16H28N4/c1-17-12-14-6-5-10-19(13-14)16-18-9-11-20(16)15-7-3-2-4-8-15/h9,11,14-15,17H,2-8,10,12-13H2,1H3. The predicted molar refractivity (Wildman–Crippen MR) is 83.2 cm³/mol. The van der Waals surface area contributed by atoms with E-state index in [1.807, 2.05) is 6.20 Å². The number of anilines is 1. The Morgan fingerprint density at radius 3 is 2.85 bits per heavy atom. The number of hydrogen-bond donors (Lipinski definition) is 1. The van der Waals surface area contributed by atoms with Crippen LogP contribution in [0.3, 0.4) is 0 Å². The van der Waals surface area contributed by atoms with Gasteiger partial charge >= 0.3 is 0 Å². The lowest BCUT2D eigenvalue weighted by molar-refractivity contribution is 0.344. The molecule has 0 aromatic carbocycles. The zero-order valence-corrected chi connectivity index (χ0v) is 12.7. The summed E-state index contributed by atoms with van der Waals surface area (Å²) in [5.74, 6) is 1.99. The summed E-state index contributed by atoms with van der Waals surface area (Å²) in [5, 5.41) is 3.33. The molecule has 0 spiro atoms. The summed E-state index contributed by atoms with van der Waals surface area (Å²) < 4.78 is 2.46. The van der Waals surface area contributed by atoms with Crippen LogP contribution in [-0.4, -0.2) is 36.2 Å². The van der Waals surface area contributed by atoms with Crippen molar-refractivity contribution in [1.82, 2.24) is 14.9 Å². The number of nitrogens with zero attached hydrogens (tertiary/aromatic N) is 3. The van der Waals surface area contributed by atoms with E-state index >= 15 is 0 Å². The molecular weight excluding hydrogens is 248 g/mol. The van der Waals surface area contributed by atoms with Crippen LogP contribution in [0.5, 0.6) is 0 Å². The molecule has 1 unspecified atom stereocenters. The molecule has 2 fully saturated rings. The third-order valence-electron chi connectivity index (χ3n) is 4.91. The summed E-state index contributed by atoms with van der Waals surface area (Å²) in [7, 11) is 2.06. The summed E-state index contributed by atoms with van der Waals surface area (Å²) >= 11 is 0. The van der Waals surface area contributed by atoms with Crippen molar-refractivity contribution in [3.63, 3.8) is 0 Å². The third-order valence-corrected chi connectivity index (χ3v) is 4.91. The molecule has 1 aliphatic heterocycles. The maximum Gasteiger partial charge on any atom is 0.205 e. The zero-order valence-electron chi connectivity index (χ0n) is 12.7. The Hall–Kier alpha value is -1.03. The number of aromatic nitrogens is 2. The molecule has 3 rings (SSSR count). The van der Waals surface area contributed by atoms with E-state index in [9.17, 15) is 0 Å². The molecule has 20 heavy (non-hydrogen) atoms. The molecule has 1 saturated heterocycles. The molecule has 2 heterocycles. The van der Waals surface area contributed by atoms with Gasteiger partial charge < -0.3 is 14.8 Å². The minimum atomic E-state index is 0.686. The summed E-state index contributed by atoms with van der Waals surface area (Å²) in [6.45, 7) is 3.45. The smallest absolute Gasteiger partial charge is 0.205 e. The highest BCUT2D eigenvalue weighted by atomic mass is 15.3. The van der Waals surface area contributed by atoms with Gasteiger partial charge in [0.2, 0.25) is 5.95 Å². The number of hydrogen-bond acceptors (Lipinski definition) is 3. The first-order valence-corrected chi connectivity index (χ1v) is 8.31. The molecule has 4 heteroatoms. The molecule has 1 aliphatic carbocycles. The van der Waals surface area contributed by atoms with Crippen molar-refractivity contribution in [2.24, 2.45) is 5.92 Å². The van der Waals surface area contributed by atoms with Crippen molar-refractivity contribution in [2.45, 2.75) is 51.0 Å². The van der Waals surface area contributed by atoms with Crippen molar-refractivity contribution in [3.05, 3.63) is 12.4 Å². The summed E-state index contributed by atoms with van der Waals surface area (Å²) in [4.78, 5) is 7.19. The van der Waals surface area contributed by atoms with Crippen LogP contribution in [0.1, 0.15) is 51.0 Å². The van der Waals surface area contributed by atoms with Crippen LogP contribution >= 0.6 is 0 Å². The second kappa shape index (κ2) is 6.61. The Morgan fingerprint density at radius 2 is 2.05 bits per heavy atom. The molecule has 0 amide bonds. The quantitative estimate of drug-likeness (QED) is 0.918. The fourth-order valence-electron chi connectivity index (χ4n) is 3.90. The van der Waals surface area contributed by atoms with Gasteiger partial charge in [-0.15, -0.1) is 0 Å². The minimum Gasteiger partial charge on any atom is -0.342 e. The number of piperidine rings is 1. The second-order valence-electron chi connectivity index (χ2n) is 6.44. The number of rotatable bonds is 4. The van der Waals surface area contributed by atoms with E-state index in [0.29, 0.717) is 6.04 Å². The monoisotopic (exact) mass is 276 g/mol. The molecule has 1 aromatic rings. The van der Waals surface area contributed by atoms with Crippen LogP contribution < -0.4 is 10.2 Å². The van der Waals surface area contributed by atoms with Gasteiger partial charge in [0.25, 0.3) is 0 Å². The molecular formula is C16H28N4. The SMILES string of the molecule is CNCC1CCCN(c2nccn2C2CCCCC2)C1. The average Bonchev–Trinajstić information content (AvgIpc) is 2.98. The first-order valence-electron chi connectivity index (χ1n) is 8.31. The van der Waals surface area contributed by atoms with Gasteiger partial charge in [0.05, 0.1) is 0 Å². The van der Waals surface area contributed by atoms with Gasteiger partial charge in [0, 0.05) is 31.5 Å². The normalized spacial score (nSPS) is 25.1. The van der Waals surface area contributed by atoms with Gasteiger partial charge in [0.1, 0.15) is 0 Å². The molecule has 1 N–H and O–H groups in total. The van der Waals surface area contributed by atoms with Crippen LogP contribution in [0, 0.1) is 5.92 Å². The third kappa shape index (κ3) is 3.00.